The van der Waals surface area contributed by atoms with Crippen molar-refractivity contribution in [2.75, 3.05) is 0 Å². The average molecular weight is 281 g/mol. The maximum Gasteiger partial charge on any atom is -0.0274 e. The lowest BCUT2D eigenvalue weighted by molar-refractivity contribution is 0.100. The summed E-state index contributed by atoms with van der Waals surface area (Å²) in [6.45, 7) is 14.6. The molecule has 0 heterocycles. The van der Waals surface area contributed by atoms with Crippen LogP contribution < -0.4 is 0 Å². The standard InChI is InChI=1S/C20H40/c1-7-16(4)10-12-18(6)20(8-2,9-3)15-19-13-11-17(5)14-19/h16-19H,7-15H2,1-6H3. The summed E-state index contributed by atoms with van der Waals surface area (Å²) in [5.74, 6) is 3.83. The number of rotatable bonds is 9. The minimum absolute atomic E-state index is 0.627. The van der Waals surface area contributed by atoms with Crippen LogP contribution in [0.1, 0.15) is 99.3 Å². The van der Waals surface area contributed by atoms with Gasteiger partial charge in [-0.15, -0.1) is 0 Å². The molecule has 0 amide bonds. The predicted molar refractivity (Wildman–Crippen MR) is 92.0 cm³/mol. The van der Waals surface area contributed by atoms with Gasteiger partial charge in [0.25, 0.3) is 0 Å². The monoisotopic (exact) mass is 280 g/mol. The zero-order valence-corrected chi connectivity index (χ0v) is 15.2. The molecule has 0 radical (unpaired) electrons. The fourth-order valence-electron chi connectivity index (χ4n) is 4.57. The van der Waals surface area contributed by atoms with Crippen LogP contribution in [0.3, 0.4) is 0 Å². The quantitative estimate of drug-likeness (QED) is 0.423. The van der Waals surface area contributed by atoms with E-state index in [2.05, 4.69) is 41.5 Å². The first kappa shape index (κ1) is 18.1. The van der Waals surface area contributed by atoms with E-state index in [1.165, 1.54) is 57.8 Å². The smallest absolute Gasteiger partial charge is 0.0274 e. The summed E-state index contributed by atoms with van der Waals surface area (Å²) in [5, 5.41) is 0. The first-order valence-corrected chi connectivity index (χ1v) is 9.47. The number of hydrogen-bond acceptors (Lipinski definition) is 0. The van der Waals surface area contributed by atoms with Crippen LogP contribution in [0, 0.1) is 29.1 Å². The van der Waals surface area contributed by atoms with Gasteiger partial charge in [0.05, 0.1) is 0 Å². The molecular weight excluding hydrogens is 240 g/mol. The second-order valence-corrected chi connectivity index (χ2v) is 8.05. The maximum absolute atomic E-state index is 2.55. The largest absolute Gasteiger partial charge is 0.0651 e. The molecule has 0 N–H and O–H groups in total. The molecule has 0 bridgehead atoms. The van der Waals surface area contributed by atoms with Gasteiger partial charge in [-0.2, -0.15) is 0 Å². The third kappa shape index (κ3) is 4.78. The fourth-order valence-corrected chi connectivity index (χ4v) is 4.57. The highest BCUT2D eigenvalue weighted by Gasteiger charge is 2.36. The minimum Gasteiger partial charge on any atom is -0.0651 e. The second kappa shape index (κ2) is 8.44. The van der Waals surface area contributed by atoms with Gasteiger partial charge >= 0.3 is 0 Å². The van der Waals surface area contributed by atoms with E-state index in [9.17, 15) is 0 Å². The van der Waals surface area contributed by atoms with Gasteiger partial charge < -0.3 is 0 Å². The van der Waals surface area contributed by atoms with Gasteiger partial charge in [-0.1, -0.05) is 80.1 Å². The molecular formula is C20H40. The summed E-state index contributed by atoms with van der Waals surface area (Å²) >= 11 is 0. The third-order valence-electron chi connectivity index (χ3n) is 6.74. The Morgan fingerprint density at radius 3 is 2.10 bits per heavy atom. The molecule has 0 spiro atoms. The van der Waals surface area contributed by atoms with Gasteiger partial charge in [-0.25, -0.2) is 0 Å². The fraction of sp³-hybridized carbons (Fsp3) is 1.00. The zero-order valence-electron chi connectivity index (χ0n) is 15.2. The van der Waals surface area contributed by atoms with Crippen LogP contribution in [0.15, 0.2) is 0 Å². The summed E-state index contributed by atoms with van der Waals surface area (Å²) in [5.41, 5.74) is 0.627. The first-order chi connectivity index (χ1) is 9.47. The van der Waals surface area contributed by atoms with Crippen LogP contribution in [0.4, 0.5) is 0 Å². The summed E-state index contributed by atoms with van der Waals surface area (Å²) in [7, 11) is 0. The van der Waals surface area contributed by atoms with E-state index in [4.69, 9.17) is 0 Å². The van der Waals surface area contributed by atoms with Crippen molar-refractivity contribution in [3.63, 3.8) is 0 Å². The van der Waals surface area contributed by atoms with Crippen molar-refractivity contribution in [2.24, 2.45) is 29.1 Å². The SMILES string of the molecule is CCC(C)CCC(C)C(CC)(CC)CC1CCC(C)C1. The molecule has 0 aromatic heterocycles. The summed E-state index contributed by atoms with van der Waals surface area (Å²) in [4.78, 5) is 0. The Morgan fingerprint density at radius 1 is 1.00 bits per heavy atom. The van der Waals surface area contributed by atoms with E-state index < -0.39 is 0 Å². The van der Waals surface area contributed by atoms with Crippen LogP contribution in [-0.4, -0.2) is 0 Å². The lowest BCUT2D eigenvalue weighted by Crippen LogP contribution is -2.30. The molecule has 120 valence electrons. The van der Waals surface area contributed by atoms with Gasteiger partial charge in [0.15, 0.2) is 0 Å². The Hall–Kier alpha value is 0. The average Bonchev–Trinajstić information content (AvgIpc) is 2.86. The Labute approximate surface area is 129 Å². The van der Waals surface area contributed by atoms with E-state index >= 15 is 0 Å². The molecule has 1 fully saturated rings. The highest BCUT2D eigenvalue weighted by atomic mass is 14.4. The van der Waals surface area contributed by atoms with Crippen molar-refractivity contribution in [3.8, 4) is 0 Å². The molecule has 1 aliphatic rings. The lowest BCUT2D eigenvalue weighted by Gasteiger charge is -2.40. The van der Waals surface area contributed by atoms with Crippen molar-refractivity contribution >= 4 is 0 Å². The topological polar surface area (TPSA) is 0 Å². The molecule has 0 heteroatoms. The summed E-state index contributed by atoms with van der Waals surface area (Å²) in [6, 6.07) is 0. The van der Waals surface area contributed by atoms with Crippen LogP contribution in [0.25, 0.3) is 0 Å². The molecule has 4 unspecified atom stereocenters. The molecule has 20 heavy (non-hydrogen) atoms. The highest BCUT2D eigenvalue weighted by molar-refractivity contribution is 4.87. The molecule has 1 rings (SSSR count). The van der Waals surface area contributed by atoms with Crippen molar-refractivity contribution < 1.29 is 0 Å². The summed E-state index contributed by atoms with van der Waals surface area (Å²) in [6.07, 6.45) is 13.0. The summed E-state index contributed by atoms with van der Waals surface area (Å²) < 4.78 is 0. The van der Waals surface area contributed by atoms with E-state index in [0.29, 0.717) is 5.41 Å². The molecule has 1 aliphatic carbocycles. The van der Waals surface area contributed by atoms with Crippen LogP contribution in [0.2, 0.25) is 0 Å². The molecule has 0 nitrogen and oxygen atoms in total. The first-order valence-electron chi connectivity index (χ1n) is 9.47. The van der Waals surface area contributed by atoms with Crippen molar-refractivity contribution in [1.82, 2.24) is 0 Å². The van der Waals surface area contributed by atoms with Gasteiger partial charge in [0.2, 0.25) is 0 Å². The molecule has 0 aromatic carbocycles. The van der Waals surface area contributed by atoms with Crippen molar-refractivity contribution in [1.29, 1.82) is 0 Å². The van der Waals surface area contributed by atoms with Gasteiger partial charge in [0, 0.05) is 0 Å². The van der Waals surface area contributed by atoms with E-state index in [0.717, 1.165) is 23.7 Å². The third-order valence-corrected chi connectivity index (χ3v) is 6.74. The van der Waals surface area contributed by atoms with Gasteiger partial charge in [0.1, 0.15) is 0 Å². The Bertz CT molecular complexity index is 251. The van der Waals surface area contributed by atoms with E-state index in [1.807, 2.05) is 0 Å². The van der Waals surface area contributed by atoms with Crippen LogP contribution in [0.5, 0.6) is 0 Å². The molecule has 0 aliphatic heterocycles. The minimum atomic E-state index is 0.627. The second-order valence-electron chi connectivity index (χ2n) is 8.05. The van der Waals surface area contributed by atoms with Crippen LogP contribution >= 0.6 is 0 Å². The normalized spacial score (nSPS) is 26.7. The Morgan fingerprint density at radius 2 is 1.65 bits per heavy atom. The Balaban J connectivity index is 2.59. The molecule has 1 saturated carbocycles. The number of hydrogen-bond donors (Lipinski definition) is 0. The van der Waals surface area contributed by atoms with E-state index in [1.54, 1.807) is 0 Å². The van der Waals surface area contributed by atoms with Crippen LogP contribution in [-0.2, 0) is 0 Å². The molecule has 4 atom stereocenters. The van der Waals surface area contributed by atoms with E-state index in [-0.39, 0.29) is 0 Å². The van der Waals surface area contributed by atoms with Gasteiger partial charge in [-0.3, -0.25) is 0 Å². The highest BCUT2D eigenvalue weighted by Crippen LogP contribution is 2.47. The van der Waals surface area contributed by atoms with Crippen molar-refractivity contribution in [2.45, 2.75) is 99.3 Å². The lowest BCUT2D eigenvalue weighted by atomic mass is 9.65. The molecule has 0 saturated heterocycles. The van der Waals surface area contributed by atoms with Gasteiger partial charge in [-0.05, 0) is 48.3 Å². The van der Waals surface area contributed by atoms with Crippen molar-refractivity contribution in [3.05, 3.63) is 0 Å². The Kier molecular flexibility index (Phi) is 7.62. The predicted octanol–water partition coefficient (Wildman–Crippen LogP) is 7.08. The molecule has 0 aromatic rings. The zero-order chi connectivity index (χ0) is 15.2. The maximum atomic E-state index is 2.55.